The van der Waals surface area contributed by atoms with Crippen LogP contribution in [0.1, 0.15) is 18.4 Å². The van der Waals surface area contributed by atoms with Gasteiger partial charge in [0.15, 0.2) is 0 Å². The van der Waals surface area contributed by atoms with E-state index in [0.717, 1.165) is 5.56 Å². The zero-order valence-corrected chi connectivity index (χ0v) is 16.6. The van der Waals surface area contributed by atoms with Gasteiger partial charge < -0.3 is 10.2 Å². The van der Waals surface area contributed by atoms with Crippen molar-refractivity contribution in [2.45, 2.75) is 30.7 Å². The third-order valence-corrected chi connectivity index (χ3v) is 6.28. The molecule has 1 aliphatic heterocycles. The van der Waals surface area contributed by atoms with Gasteiger partial charge >= 0.3 is 6.03 Å². The van der Waals surface area contributed by atoms with Gasteiger partial charge in [-0.25, -0.2) is 17.9 Å². The zero-order chi connectivity index (χ0) is 19.4. The van der Waals surface area contributed by atoms with Crippen molar-refractivity contribution in [3.63, 3.8) is 0 Å². The number of carbonyl (C=O) groups is 1. The minimum Gasteiger partial charge on any atom is -0.324 e. The molecule has 2 aromatic rings. The lowest BCUT2D eigenvalue weighted by molar-refractivity contribution is 0.193. The van der Waals surface area contributed by atoms with Crippen molar-refractivity contribution >= 4 is 33.3 Å². The molecule has 1 aliphatic rings. The second kappa shape index (κ2) is 8.29. The number of piperidine rings is 1. The molecule has 2 aromatic carbocycles. The average molecular weight is 408 g/mol. The summed E-state index contributed by atoms with van der Waals surface area (Å²) in [6.07, 6.45) is 1.13. The van der Waals surface area contributed by atoms with Gasteiger partial charge in [-0.15, -0.1) is 0 Å². The molecule has 0 unspecified atom stereocenters. The van der Waals surface area contributed by atoms with E-state index in [1.807, 2.05) is 6.92 Å². The third kappa shape index (κ3) is 5.22. The first kappa shape index (κ1) is 19.7. The number of amides is 2. The van der Waals surface area contributed by atoms with Crippen LogP contribution in [0, 0.1) is 6.92 Å². The highest BCUT2D eigenvalue weighted by Gasteiger charge is 2.26. The lowest BCUT2D eigenvalue weighted by atomic mass is 10.1. The molecule has 0 spiro atoms. The van der Waals surface area contributed by atoms with E-state index in [2.05, 4.69) is 10.0 Å². The molecule has 8 heteroatoms. The fourth-order valence-corrected chi connectivity index (χ4v) is 4.47. The van der Waals surface area contributed by atoms with Crippen molar-refractivity contribution in [2.75, 3.05) is 18.4 Å². The number of rotatable bonds is 4. The normalized spacial score (nSPS) is 15.6. The molecular weight excluding hydrogens is 386 g/mol. The minimum atomic E-state index is -3.55. The van der Waals surface area contributed by atoms with Gasteiger partial charge in [-0.2, -0.15) is 0 Å². The number of benzene rings is 2. The largest absolute Gasteiger partial charge is 0.324 e. The first-order chi connectivity index (χ1) is 12.8. The van der Waals surface area contributed by atoms with Crippen LogP contribution in [-0.2, 0) is 10.0 Å². The molecule has 144 valence electrons. The van der Waals surface area contributed by atoms with Gasteiger partial charge in [0.2, 0.25) is 10.0 Å². The van der Waals surface area contributed by atoms with E-state index in [1.165, 1.54) is 0 Å². The van der Waals surface area contributed by atoms with Gasteiger partial charge in [0, 0.05) is 29.8 Å². The number of sulfonamides is 1. The van der Waals surface area contributed by atoms with Gasteiger partial charge in [0.25, 0.3) is 0 Å². The molecule has 0 radical (unpaired) electrons. The highest BCUT2D eigenvalue weighted by atomic mass is 35.5. The molecule has 1 saturated heterocycles. The summed E-state index contributed by atoms with van der Waals surface area (Å²) in [7, 11) is -3.55. The summed E-state index contributed by atoms with van der Waals surface area (Å²) in [6, 6.07) is 13.3. The van der Waals surface area contributed by atoms with E-state index in [9.17, 15) is 13.2 Å². The predicted molar refractivity (Wildman–Crippen MR) is 107 cm³/mol. The fraction of sp³-hybridized carbons (Fsp3) is 0.316. The Balaban J connectivity index is 1.54. The van der Waals surface area contributed by atoms with Crippen molar-refractivity contribution in [3.05, 3.63) is 59.1 Å². The number of hydrogen-bond donors (Lipinski definition) is 2. The fourth-order valence-electron chi connectivity index (χ4n) is 2.97. The number of nitrogens with one attached hydrogen (secondary N) is 2. The lowest BCUT2D eigenvalue weighted by Crippen LogP contribution is -2.47. The Bertz CT molecular complexity index is 908. The van der Waals surface area contributed by atoms with Crippen LogP contribution in [0.3, 0.4) is 0 Å². The molecule has 0 aliphatic carbocycles. The van der Waals surface area contributed by atoms with E-state index < -0.39 is 10.0 Å². The number of hydrogen-bond acceptors (Lipinski definition) is 3. The molecule has 1 heterocycles. The molecule has 1 fully saturated rings. The summed E-state index contributed by atoms with van der Waals surface area (Å²) >= 11 is 5.92. The summed E-state index contributed by atoms with van der Waals surface area (Å²) in [6.45, 7) is 2.87. The van der Waals surface area contributed by atoms with Crippen LogP contribution in [0.15, 0.2) is 53.4 Å². The number of urea groups is 1. The highest BCUT2D eigenvalue weighted by molar-refractivity contribution is 7.89. The molecular formula is C19H22ClN3O3S. The number of anilines is 1. The standard InChI is InChI=1S/C19H22ClN3O3S/c1-14-5-7-18(8-6-14)27(25,26)22-16-9-11-23(12-10-16)19(24)21-17-4-2-3-15(20)13-17/h2-8,13,16,22H,9-12H2,1H3,(H,21,24). The Labute approximate surface area is 164 Å². The molecule has 2 N–H and O–H groups in total. The second-order valence-corrected chi connectivity index (χ2v) is 8.79. The predicted octanol–water partition coefficient (Wildman–Crippen LogP) is 3.62. The van der Waals surface area contributed by atoms with Crippen LogP contribution in [0.5, 0.6) is 0 Å². The van der Waals surface area contributed by atoms with Gasteiger partial charge in [0.05, 0.1) is 4.90 Å². The summed E-state index contributed by atoms with van der Waals surface area (Å²) < 4.78 is 27.7. The number of nitrogens with zero attached hydrogens (tertiary/aromatic N) is 1. The maximum Gasteiger partial charge on any atom is 0.321 e. The van der Waals surface area contributed by atoms with Crippen LogP contribution in [0.2, 0.25) is 5.02 Å². The van der Waals surface area contributed by atoms with E-state index in [4.69, 9.17) is 11.6 Å². The molecule has 2 amide bonds. The summed E-state index contributed by atoms with van der Waals surface area (Å²) in [4.78, 5) is 14.3. The second-order valence-electron chi connectivity index (χ2n) is 6.64. The number of halogens is 1. The summed E-state index contributed by atoms with van der Waals surface area (Å²) in [5.74, 6) is 0. The Morgan fingerprint density at radius 3 is 2.41 bits per heavy atom. The number of carbonyl (C=O) groups excluding carboxylic acids is 1. The topological polar surface area (TPSA) is 78.5 Å². The monoisotopic (exact) mass is 407 g/mol. The van der Waals surface area contributed by atoms with Crippen molar-refractivity contribution < 1.29 is 13.2 Å². The number of likely N-dealkylation sites (tertiary alicyclic amines) is 1. The van der Waals surface area contributed by atoms with Gasteiger partial charge in [0.1, 0.15) is 0 Å². The minimum absolute atomic E-state index is 0.188. The van der Waals surface area contributed by atoms with Crippen LogP contribution < -0.4 is 10.0 Å². The molecule has 0 atom stereocenters. The average Bonchev–Trinajstić information content (AvgIpc) is 2.62. The van der Waals surface area contributed by atoms with E-state index in [-0.39, 0.29) is 17.0 Å². The molecule has 0 saturated carbocycles. The van der Waals surface area contributed by atoms with Crippen LogP contribution in [0.4, 0.5) is 10.5 Å². The maximum absolute atomic E-state index is 12.5. The molecule has 0 aromatic heterocycles. The first-order valence-corrected chi connectivity index (χ1v) is 10.6. The molecule has 3 rings (SSSR count). The molecule has 0 bridgehead atoms. The van der Waals surface area contributed by atoms with Gasteiger partial charge in [-0.1, -0.05) is 35.4 Å². The van der Waals surface area contributed by atoms with Crippen LogP contribution >= 0.6 is 11.6 Å². The van der Waals surface area contributed by atoms with Crippen LogP contribution in [0.25, 0.3) is 0 Å². The zero-order valence-electron chi connectivity index (χ0n) is 15.0. The van der Waals surface area contributed by atoms with Gasteiger partial charge in [-0.05, 0) is 50.1 Å². The third-order valence-electron chi connectivity index (χ3n) is 4.51. The Morgan fingerprint density at radius 2 is 1.78 bits per heavy atom. The Morgan fingerprint density at radius 1 is 1.11 bits per heavy atom. The SMILES string of the molecule is Cc1ccc(S(=O)(=O)NC2CCN(C(=O)Nc3cccc(Cl)c3)CC2)cc1. The van der Waals surface area contributed by atoms with Crippen LogP contribution in [-0.4, -0.2) is 38.5 Å². The smallest absolute Gasteiger partial charge is 0.321 e. The Kier molecular flexibility index (Phi) is 6.04. The van der Waals surface area contributed by atoms with E-state index >= 15 is 0 Å². The van der Waals surface area contributed by atoms with Crippen molar-refractivity contribution in [2.24, 2.45) is 0 Å². The Hall–Kier alpha value is -2.09. The summed E-state index contributed by atoms with van der Waals surface area (Å²) in [5.41, 5.74) is 1.64. The highest BCUT2D eigenvalue weighted by Crippen LogP contribution is 2.18. The molecule has 27 heavy (non-hydrogen) atoms. The van der Waals surface area contributed by atoms with Gasteiger partial charge in [-0.3, -0.25) is 0 Å². The van der Waals surface area contributed by atoms with E-state index in [0.29, 0.717) is 36.6 Å². The van der Waals surface area contributed by atoms with Crippen molar-refractivity contribution in [1.29, 1.82) is 0 Å². The van der Waals surface area contributed by atoms with Crippen molar-refractivity contribution in [1.82, 2.24) is 9.62 Å². The summed E-state index contributed by atoms with van der Waals surface area (Å²) in [5, 5.41) is 3.36. The van der Waals surface area contributed by atoms with Crippen molar-refractivity contribution in [3.8, 4) is 0 Å². The quantitative estimate of drug-likeness (QED) is 0.812. The maximum atomic E-state index is 12.5. The first-order valence-electron chi connectivity index (χ1n) is 8.74. The molecule has 6 nitrogen and oxygen atoms in total. The van der Waals surface area contributed by atoms with E-state index in [1.54, 1.807) is 53.4 Å². The lowest BCUT2D eigenvalue weighted by Gasteiger charge is -2.32. The number of aryl methyl sites for hydroxylation is 1.